The number of carbonyl (C=O) groups is 1. The number of aromatic nitrogens is 3. The molecule has 9 heteroatoms. The highest BCUT2D eigenvalue weighted by Gasteiger charge is 2.35. The molecule has 0 amide bonds. The topological polar surface area (TPSA) is 78.9 Å². The van der Waals surface area contributed by atoms with Crippen LogP contribution in [0.5, 0.6) is 0 Å². The lowest BCUT2D eigenvalue weighted by Gasteiger charge is -2.11. The molecule has 0 aliphatic carbocycles. The van der Waals surface area contributed by atoms with Crippen LogP contribution in [0.4, 0.5) is 13.2 Å². The number of hydrogen-bond donors (Lipinski definition) is 2. The van der Waals surface area contributed by atoms with Crippen LogP contribution in [-0.2, 0) is 6.18 Å². The van der Waals surface area contributed by atoms with Crippen molar-refractivity contribution < 1.29 is 23.1 Å². The summed E-state index contributed by atoms with van der Waals surface area (Å²) < 4.78 is 37.9. The van der Waals surface area contributed by atoms with Crippen molar-refractivity contribution in [2.75, 3.05) is 0 Å². The van der Waals surface area contributed by atoms with Crippen LogP contribution in [0.1, 0.15) is 15.9 Å². The quantitative estimate of drug-likeness (QED) is 0.908. The Hall–Kier alpha value is -2.03. The van der Waals surface area contributed by atoms with Crippen LogP contribution < -0.4 is 0 Å². The van der Waals surface area contributed by atoms with Crippen molar-refractivity contribution >= 4 is 17.7 Å². The molecule has 19 heavy (non-hydrogen) atoms. The molecule has 1 aromatic heterocycles. The van der Waals surface area contributed by atoms with E-state index in [1.807, 2.05) is 0 Å². The van der Waals surface area contributed by atoms with Gasteiger partial charge in [0.2, 0.25) is 0 Å². The molecule has 0 unspecified atom stereocenters. The highest BCUT2D eigenvalue weighted by Crippen LogP contribution is 2.35. The lowest BCUT2D eigenvalue weighted by Crippen LogP contribution is -2.12. The molecule has 5 nitrogen and oxygen atoms in total. The van der Waals surface area contributed by atoms with E-state index in [0.717, 1.165) is 23.9 Å². The summed E-state index contributed by atoms with van der Waals surface area (Å²) in [5.41, 5.74) is -1.97. The number of H-pyrrole nitrogens is 1. The van der Waals surface area contributed by atoms with Crippen LogP contribution in [0.25, 0.3) is 0 Å². The van der Waals surface area contributed by atoms with E-state index in [-0.39, 0.29) is 0 Å². The van der Waals surface area contributed by atoms with E-state index in [1.165, 1.54) is 12.4 Å². The van der Waals surface area contributed by atoms with Crippen molar-refractivity contribution in [3.8, 4) is 0 Å². The van der Waals surface area contributed by atoms with Gasteiger partial charge in [0.05, 0.1) is 11.1 Å². The number of nitrogens with zero attached hydrogens (tertiary/aromatic N) is 2. The zero-order chi connectivity index (χ0) is 14.0. The Morgan fingerprint density at radius 2 is 2.11 bits per heavy atom. The lowest BCUT2D eigenvalue weighted by atomic mass is 10.1. The number of aromatic amines is 1. The van der Waals surface area contributed by atoms with E-state index >= 15 is 0 Å². The number of carboxylic acids is 1. The number of aromatic carboxylic acids is 1. The third-order valence-corrected chi connectivity index (χ3v) is 3.01. The maximum atomic E-state index is 12.6. The molecule has 0 fully saturated rings. The summed E-state index contributed by atoms with van der Waals surface area (Å²) in [4.78, 5) is 15.0. The van der Waals surface area contributed by atoms with Gasteiger partial charge in [0.25, 0.3) is 0 Å². The van der Waals surface area contributed by atoms with Gasteiger partial charge in [-0.15, -0.1) is 0 Å². The molecule has 0 aliphatic rings. The second-order valence-electron chi connectivity index (χ2n) is 3.40. The summed E-state index contributed by atoms with van der Waals surface area (Å²) in [6.07, 6.45) is -3.46. The molecular weight excluding hydrogens is 283 g/mol. The smallest absolute Gasteiger partial charge is 0.417 e. The zero-order valence-corrected chi connectivity index (χ0v) is 9.92. The fraction of sp³-hybridized carbons (Fsp3) is 0.100. The Morgan fingerprint density at radius 3 is 2.63 bits per heavy atom. The molecule has 1 aromatic carbocycles. The first kappa shape index (κ1) is 13.4. The summed E-state index contributed by atoms with van der Waals surface area (Å²) in [7, 11) is 0. The molecule has 1 heterocycles. The molecule has 0 saturated heterocycles. The lowest BCUT2D eigenvalue weighted by molar-refractivity contribution is -0.138. The van der Waals surface area contributed by atoms with E-state index < -0.39 is 23.3 Å². The van der Waals surface area contributed by atoms with Crippen molar-refractivity contribution in [3.63, 3.8) is 0 Å². The number of rotatable bonds is 3. The molecule has 0 atom stereocenters. The Balaban J connectivity index is 2.39. The number of hydrogen-bond acceptors (Lipinski definition) is 4. The number of alkyl halides is 3. The first-order valence-corrected chi connectivity index (χ1v) is 5.67. The van der Waals surface area contributed by atoms with Gasteiger partial charge in [-0.25, -0.2) is 9.78 Å². The van der Waals surface area contributed by atoms with Crippen molar-refractivity contribution in [1.82, 2.24) is 15.2 Å². The highest BCUT2D eigenvalue weighted by atomic mass is 32.2. The van der Waals surface area contributed by atoms with Crippen molar-refractivity contribution in [1.29, 1.82) is 0 Å². The minimum absolute atomic E-state index is 0.321. The molecular formula is C10H6F3N3O2S. The van der Waals surface area contributed by atoms with Crippen molar-refractivity contribution in [3.05, 3.63) is 35.7 Å². The van der Waals surface area contributed by atoms with Gasteiger partial charge in [-0.2, -0.15) is 18.3 Å². The molecule has 0 spiro atoms. The van der Waals surface area contributed by atoms with E-state index in [0.29, 0.717) is 10.1 Å². The minimum Gasteiger partial charge on any atom is -0.478 e. The zero-order valence-electron chi connectivity index (χ0n) is 9.10. The van der Waals surface area contributed by atoms with Crippen molar-refractivity contribution in [2.45, 2.75) is 16.2 Å². The van der Waals surface area contributed by atoms with E-state index in [1.54, 1.807) is 0 Å². The molecule has 0 radical (unpaired) electrons. The van der Waals surface area contributed by atoms with E-state index in [9.17, 15) is 18.0 Å². The fourth-order valence-electron chi connectivity index (χ4n) is 1.37. The van der Waals surface area contributed by atoms with Crippen molar-refractivity contribution in [2.24, 2.45) is 0 Å². The molecule has 0 saturated carbocycles. The van der Waals surface area contributed by atoms with Crippen LogP contribution in [0, 0.1) is 0 Å². The predicted octanol–water partition coefficient (Wildman–Crippen LogP) is 2.67. The van der Waals surface area contributed by atoms with E-state index in [4.69, 9.17) is 5.11 Å². The third-order valence-electron chi connectivity index (χ3n) is 2.13. The summed E-state index contributed by atoms with van der Waals surface area (Å²) >= 11 is 0.985. The second-order valence-corrected chi connectivity index (χ2v) is 4.47. The van der Waals surface area contributed by atoms with Gasteiger partial charge in [-0.05, 0) is 18.2 Å². The summed E-state index contributed by atoms with van der Waals surface area (Å²) in [5, 5.41) is 15.3. The molecule has 0 bridgehead atoms. The van der Waals surface area contributed by atoms with Gasteiger partial charge in [0.15, 0.2) is 5.16 Å². The second kappa shape index (κ2) is 4.92. The van der Waals surface area contributed by atoms with Gasteiger partial charge >= 0.3 is 12.1 Å². The number of benzene rings is 1. The van der Waals surface area contributed by atoms with Gasteiger partial charge < -0.3 is 5.11 Å². The van der Waals surface area contributed by atoms with E-state index in [2.05, 4.69) is 15.2 Å². The van der Waals surface area contributed by atoms with Crippen LogP contribution in [0.15, 0.2) is 34.6 Å². The van der Waals surface area contributed by atoms with Gasteiger partial charge in [-0.3, -0.25) is 5.10 Å². The maximum Gasteiger partial charge on any atom is 0.417 e. The molecule has 100 valence electrons. The summed E-state index contributed by atoms with van der Waals surface area (Å²) in [6.45, 7) is 0. The van der Waals surface area contributed by atoms with Gasteiger partial charge in [0.1, 0.15) is 6.33 Å². The Labute approximate surface area is 108 Å². The maximum absolute atomic E-state index is 12.6. The van der Waals surface area contributed by atoms with Gasteiger partial charge in [-0.1, -0.05) is 11.8 Å². The molecule has 2 rings (SSSR count). The molecule has 0 aliphatic heterocycles. The van der Waals surface area contributed by atoms with Gasteiger partial charge in [0, 0.05) is 4.90 Å². The first-order chi connectivity index (χ1) is 8.88. The average Bonchev–Trinajstić information content (AvgIpc) is 2.80. The Kier molecular flexibility index (Phi) is 3.47. The molecule has 2 N–H and O–H groups in total. The standard InChI is InChI=1S/C10H6F3N3O2S/c11-10(12,13)7-2-1-5(3-6(7)8(17)18)19-9-14-4-15-16-9/h1-4H,(H,17,18)(H,14,15,16). The fourth-order valence-corrected chi connectivity index (χ4v) is 2.10. The average molecular weight is 289 g/mol. The monoisotopic (exact) mass is 289 g/mol. The minimum atomic E-state index is -4.71. The number of halogens is 3. The molecule has 2 aromatic rings. The highest BCUT2D eigenvalue weighted by molar-refractivity contribution is 7.99. The summed E-state index contributed by atoms with van der Waals surface area (Å²) in [6, 6.07) is 2.88. The summed E-state index contributed by atoms with van der Waals surface area (Å²) in [5.74, 6) is -1.63. The predicted molar refractivity (Wildman–Crippen MR) is 58.9 cm³/mol. The Morgan fingerprint density at radius 1 is 1.37 bits per heavy atom. The normalized spacial score (nSPS) is 11.5. The van der Waals surface area contributed by atoms with Crippen LogP contribution >= 0.6 is 11.8 Å². The SMILES string of the molecule is O=C(O)c1cc(Sc2ncn[nH]2)ccc1C(F)(F)F. The van der Waals surface area contributed by atoms with Crippen LogP contribution in [0.2, 0.25) is 0 Å². The number of carboxylic acid groups (broad SMARTS) is 1. The van der Waals surface area contributed by atoms with Crippen LogP contribution in [-0.4, -0.2) is 26.3 Å². The number of nitrogens with one attached hydrogen (secondary N) is 1. The third kappa shape index (κ3) is 3.05. The van der Waals surface area contributed by atoms with Crippen LogP contribution in [0.3, 0.4) is 0 Å². The Bertz CT molecular complexity index is 599. The largest absolute Gasteiger partial charge is 0.478 e. The first-order valence-electron chi connectivity index (χ1n) is 4.85.